The van der Waals surface area contributed by atoms with Gasteiger partial charge in [0.1, 0.15) is 19.3 Å². The van der Waals surface area contributed by atoms with Gasteiger partial charge in [0, 0.05) is 25.7 Å². The monoisotopic (exact) mass is 1470 g/mol. The van der Waals surface area contributed by atoms with Crippen molar-refractivity contribution in [2.45, 2.75) is 433 Å². The maximum absolute atomic E-state index is 13.1. The van der Waals surface area contributed by atoms with E-state index in [4.69, 9.17) is 37.0 Å². The molecule has 594 valence electrons. The molecule has 6 atom stereocenters. The molecule has 17 nitrogen and oxygen atoms in total. The first-order valence-corrected chi connectivity index (χ1v) is 44.7. The highest BCUT2D eigenvalue weighted by Gasteiger charge is 2.30. The summed E-state index contributed by atoms with van der Waals surface area (Å²) in [5, 5.41) is 10.6. The van der Waals surface area contributed by atoms with E-state index in [1.54, 1.807) is 0 Å². The van der Waals surface area contributed by atoms with Crippen LogP contribution in [0.15, 0.2) is 0 Å². The fraction of sp³-hybridized carbons (Fsp3) is 0.951. The number of aliphatic hydroxyl groups is 1. The molecule has 3 N–H and O–H groups in total. The molecule has 0 aromatic heterocycles. The molecule has 19 heteroatoms. The largest absolute Gasteiger partial charge is 0.472 e. The van der Waals surface area contributed by atoms with E-state index in [9.17, 15) is 43.2 Å². The van der Waals surface area contributed by atoms with Crippen molar-refractivity contribution in [3.05, 3.63) is 0 Å². The third kappa shape index (κ3) is 73.0. The van der Waals surface area contributed by atoms with Gasteiger partial charge in [0.15, 0.2) is 12.2 Å². The van der Waals surface area contributed by atoms with Crippen molar-refractivity contribution in [3.8, 4) is 0 Å². The maximum Gasteiger partial charge on any atom is 0.472 e. The van der Waals surface area contributed by atoms with Gasteiger partial charge >= 0.3 is 39.5 Å². The summed E-state index contributed by atoms with van der Waals surface area (Å²) in [5.41, 5.74) is 0. The third-order valence-electron chi connectivity index (χ3n) is 19.2. The van der Waals surface area contributed by atoms with Crippen LogP contribution in [0.2, 0.25) is 0 Å². The number of hydrogen-bond donors (Lipinski definition) is 3. The highest BCUT2D eigenvalue weighted by molar-refractivity contribution is 7.47. The molecule has 0 aliphatic rings. The molecule has 0 spiro atoms. The van der Waals surface area contributed by atoms with Gasteiger partial charge < -0.3 is 33.8 Å². The Hall–Kier alpha value is -1.94. The standard InChI is InChI=1S/C81H158O17P2/c1-9-74(8)60-52-44-39-40-46-54-62-79(84)92-68-77(98-81(86)63-55-47-37-31-25-17-13-11-10-12-15-21-27-33-41-49-57-71(2)3)70-96-100(89,90)94-66-75(82)65-93-99(87,88)95-69-76(67-91-78(83)61-53-45-36-30-24-20-19-23-29-35-43-51-59-73(6)7)97-80(85)64-56-48-38-32-26-18-14-16-22-28-34-42-50-58-72(4)5/h71-77,82H,9-70H2,1-8H3,(H,87,88)(H,89,90)/t74?,75-,76-,77-/m1/s1. The minimum Gasteiger partial charge on any atom is -0.462 e. The fourth-order valence-corrected chi connectivity index (χ4v) is 14.0. The molecular formula is C81H158O17P2. The van der Waals surface area contributed by atoms with Crippen LogP contribution in [0.5, 0.6) is 0 Å². The summed E-state index contributed by atoms with van der Waals surface area (Å²) < 4.78 is 68.7. The number of phosphoric acid groups is 2. The molecule has 0 aromatic rings. The molecule has 0 radical (unpaired) electrons. The molecule has 0 saturated heterocycles. The number of carbonyl (C=O) groups is 4. The first-order chi connectivity index (χ1) is 48.1. The lowest BCUT2D eigenvalue weighted by Gasteiger charge is -2.21. The zero-order valence-electron chi connectivity index (χ0n) is 65.8. The number of esters is 4. The van der Waals surface area contributed by atoms with E-state index in [0.717, 1.165) is 120 Å². The smallest absolute Gasteiger partial charge is 0.462 e. The first-order valence-electron chi connectivity index (χ1n) is 41.7. The van der Waals surface area contributed by atoms with Crippen LogP contribution >= 0.6 is 15.6 Å². The fourth-order valence-electron chi connectivity index (χ4n) is 12.4. The van der Waals surface area contributed by atoms with Crippen molar-refractivity contribution in [2.75, 3.05) is 39.6 Å². The van der Waals surface area contributed by atoms with E-state index in [1.807, 2.05) is 0 Å². The van der Waals surface area contributed by atoms with Crippen LogP contribution in [0.1, 0.15) is 415 Å². The molecule has 0 amide bonds. The minimum atomic E-state index is -4.96. The summed E-state index contributed by atoms with van der Waals surface area (Å²) >= 11 is 0. The molecule has 0 aliphatic carbocycles. The lowest BCUT2D eigenvalue weighted by Crippen LogP contribution is -2.30. The normalized spacial score (nSPS) is 14.3. The van der Waals surface area contributed by atoms with Crippen molar-refractivity contribution < 1.29 is 80.2 Å². The van der Waals surface area contributed by atoms with Crippen LogP contribution in [0.25, 0.3) is 0 Å². The van der Waals surface area contributed by atoms with Crippen molar-refractivity contribution in [2.24, 2.45) is 23.7 Å². The molecule has 3 unspecified atom stereocenters. The number of ether oxygens (including phenoxy) is 4. The average Bonchev–Trinajstić information content (AvgIpc) is 0.943. The lowest BCUT2D eigenvalue weighted by molar-refractivity contribution is -0.161. The van der Waals surface area contributed by atoms with Crippen LogP contribution in [0.4, 0.5) is 0 Å². The Labute approximate surface area is 613 Å². The Bertz CT molecular complexity index is 1960. The first kappa shape index (κ1) is 98.1. The molecule has 0 heterocycles. The van der Waals surface area contributed by atoms with Crippen LogP contribution in [-0.2, 0) is 65.4 Å². The van der Waals surface area contributed by atoms with Crippen LogP contribution in [0.3, 0.4) is 0 Å². The van der Waals surface area contributed by atoms with Crippen molar-refractivity contribution in [3.63, 3.8) is 0 Å². The highest BCUT2D eigenvalue weighted by Crippen LogP contribution is 2.45. The van der Waals surface area contributed by atoms with Gasteiger partial charge in [-0.15, -0.1) is 0 Å². The predicted molar refractivity (Wildman–Crippen MR) is 409 cm³/mol. The Kier molecular flexibility index (Phi) is 68.7. The number of unbranched alkanes of at least 4 members (excludes halogenated alkanes) is 43. The maximum atomic E-state index is 13.1. The summed E-state index contributed by atoms with van der Waals surface area (Å²) in [6.45, 7) is 14.3. The summed E-state index contributed by atoms with van der Waals surface area (Å²) in [6, 6.07) is 0. The summed E-state index contributed by atoms with van der Waals surface area (Å²) in [4.78, 5) is 73.0. The molecule has 0 aliphatic heterocycles. The van der Waals surface area contributed by atoms with Crippen molar-refractivity contribution in [1.82, 2.24) is 0 Å². The van der Waals surface area contributed by atoms with Gasteiger partial charge in [-0.3, -0.25) is 37.3 Å². The Balaban J connectivity index is 5.24. The minimum absolute atomic E-state index is 0.107. The second-order valence-electron chi connectivity index (χ2n) is 30.8. The Morgan fingerprint density at radius 1 is 0.280 bits per heavy atom. The Morgan fingerprint density at radius 2 is 0.480 bits per heavy atom. The molecular weight excluding hydrogens is 1310 g/mol. The van der Waals surface area contributed by atoms with Crippen LogP contribution in [0, 0.1) is 23.7 Å². The van der Waals surface area contributed by atoms with Gasteiger partial charge in [0.2, 0.25) is 0 Å². The van der Waals surface area contributed by atoms with E-state index in [-0.39, 0.29) is 25.7 Å². The molecule has 0 rings (SSSR count). The van der Waals surface area contributed by atoms with Gasteiger partial charge in [-0.2, -0.15) is 0 Å². The highest BCUT2D eigenvalue weighted by atomic mass is 31.2. The van der Waals surface area contributed by atoms with Crippen LogP contribution < -0.4 is 0 Å². The van der Waals surface area contributed by atoms with E-state index >= 15 is 0 Å². The lowest BCUT2D eigenvalue weighted by atomic mass is 10.00. The molecule has 0 fully saturated rings. The van der Waals surface area contributed by atoms with E-state index < -0.39 is 97.5 Å². The molecule has 100 heavy (non-hydrogen) atoms. The predicted octanol–water partition coefficient (Wildman–Crippen LogP) is 24.0. The van der Waals surface area contributed by atoms with E-state index in [2.05, 4.69) is 55.4 Å². The number of hydrogen-bond acceptors (Lipinski definition) is 15. The van der Waals surface area contributed by atoms with Gasteiger partial charge in [-0.25, -0.2) is 9.13 Å². The molecule has 0 aromatic carbocycles. The van der Waals surface area contributed by atoms with Crippen molar-refractivity contribution >= 4 is 39.5 Å². The van der Waals surface area contributed by atoms with Gasteiger partial charge in [-0.05, 0) is 49.4 Å². The zero-order chi connectivity index (χ0) is 73.8. The summed E-state index contributed by atoms with van der Waals surface area (Å²) in [5.74, 6) is 0.994. The van der Waals surface area contributed by atoms with Gasteiger partial charge in [-0.1, -0.05) is 364 Å². The Morgan fingerprint density at radius 3 is 0.710 bits per heavy atom. The van der Waals surface area contributed by atoms with E-state index in [0.29, 0.717) is 25.7 Å². The second kappa shape index (κ2) is 70.1. The number of rotatable bonds is 78. The zero-order valence-corrected chi connectivity index (χ0v) is 67.6. The average molecular weight is 1470 g/mol. The number of phosphoric ester groups is 2. The number of carbonyl (C=O) groups excluding carboxylic acids is 4. The van der Waals surface area contributed by atoms with Gasteiger partial charge in [0.25, 0.3) is 0 Å². The summed E-state index contributed by atoms with van der Waals surface area (Å²) in [6.07, 6.45) is 56.9. The van der Waals surface area contributed by atoms with Gasteiger partial charge in [0.05, 0.1) is 26.4 Å². The van der Waals surface area contributed by atoms with E-state index in [1.165, 1.54) is 212 Å². The quantitative estimate of drug-likeness (QED) is 0.0222. The van der Waals surface area contributed by atoms with Crippen LogP contribution in [-0.4, -0.2) is 96.7 Å². The topological polar surface area (TPSA) is 237 Å². The second-order valence-corrected chi connectivity index (χ2v) is 33.7. The molecule has 0 bridgehead atoms. The molecule has 0 saturated carbocycles. The summed E-state index contributed by atoms with van der Waals surface area (Å²) in [7, 11) is -9.92. The third-order valence-corrected chi connectivity index (χ3v) is 21.1. The van der Waals surface area contributed by atoms with Crippen molar-refractivity contribution in [1.29, 1.82) is 0 Å². The SMILES string of the molecule is CCC(C)CCCCCCCCC(=O)OC[C@H](COP(=O)(O)OC[C@H](O)COP(=O)(O)OC[C@@H](COC(=O)CCCCCCCCCCCCCCC(C)C)OC(=O)CCCCCCCCCCCCCCCC(C)C)OC(=O)CCCCCCCCCCCCCCCCCCC(C)C. The number of aliphatic hydroxyl groups excluding tert-OH is 1.